The van der Waals surface area contributed by atoms with E-state index >= 15 is 0 Å². The molecule has 1 amide bonds. The minimum Gasteiger partial charge on any atom is -0.444 e. The van der Waals surface area contributed by atoms with E-state index in [1.54, 1.807) is 18.5 Å². The first-order valence-corrected chi connectivity index (χ1v) is 7.44. The van der Waals surface area contributed by atoms with Crippen LogP contribution in [0.4, 0.5) is 16.3 Å². The summed E-state index contributed by atoms with van der Waals surface area (Å²) in [6, 6.07) is 7.50. The van der Waals surface area contributed by atoms with Crippen LogP contribution in [0, 0.1) is 6.92 Å². The molecular weight excluding hydrogens is 292 g/mol. The van der Waals surface area contributed by atoms with Gasteiger partial charge >= 0.3 is 6.09 Å². The van der Waals surface area contributed by atoms with E-state index in [2.05, 4.69) is 20.6 Å². The minimum atomic E-state index is -0.536. The molecule has 0 aliphatic carbocycles. The number of hydrogen-bond donors (Lipinski definition) is 2. The molecule has 2 N–H and O–H groups in total. The molecule has 0 radical (unpaired) electrons. The standard InChI is InChI=1S/C17H22N4O2/c1-12-6-5-9-18-14(12)11-19-13-7-8-15(20-10-13)21-16(22)23-17(2,3)4/h5-10,19H,11H2,1-4H3,(H,20,21,22). The van der Waals surface area contributed by atoms with Crippen molar-refractivity contribution in [1.82, 2.24) is 9.97 Å². The number of pyridine rings is 2. The molecule has 0 spiro atoms. The fraction of sp³-hybridized carbons (Fsp3) is 0.353. The Morgan fingerprint density at radius 1 is 1.22 bits per heavy atom. The largest absolute Gasteiger partial charge is 0.444 e. The van der Waals surface area contributed by atoms with Crippen LogP contribution in [0.3, 0.4) is 0 Å². The summed E-state index contributed by atoms with van der Waals surface area (Å²) in [5.41, 5.74) is 2.44. The molecule has 122 valence electrons. The third-order valence-electron chi connectivity index (χ3n) is 2.97. The molecule has 0 aromatic carbocycles. The summed E-state index contributed by atoms with van der Waals surface area (Å²) in [5.74, 6) is 0.443. The summed E-state index contributed by atoms with van der Waals surface area (Å²) in [5, 5.41) is 5.85. The number of nitrogens with zero attached hydrogens (tertiary/aromatic N) is 2. The number of aryl methyl sites for hydroxylation is 1. The van der Waals surface area contributed by atoms with Gasteiger partial charge in [-0.2, -0.15) is 0 Å². The Bertz CT molecular complexity index is 663. The van der Waals surface area contributed by atoms with E-state index in [4.69, 9.17) is 4.74 Å². The molecular formula is C17H22N4O2. The van der Waals surface area contributed by atoms with Gasteiger partial charge in [0.25, 0.3) is 0 Å². The van der Waals surface area contributed by atoms with Crippen LogP contribution in [0.25, 0.3) is 0 Å². The number of rotatable bonds is 4. The van der Waals surface area contributed by atoms with Crippen molar-refractivity contribution in [2.75, 3.05) is 10.6 Å². The predicted molar refractivity (Wildman–Crippen MR) is 90.4 cm³/mol. The molecule has 0 fully saturated rings. The van der Waals surface area contributed by atoms with Crippen LogP contribution in [0.2, 0.25) is 0 Å². The van der Waals surface area contributed by atoms with E-state index in [-0.39, 0.29) is 0 Å². The zero-order chi connectivity index (χ0) is 16.9. The lowest BCUT2D eigenvalue weighted by Gasteiger charge is -2.19. The van der Waals surface area contributed by atoms with Crippen LogP contribution in [0.5, 0.6) is 0 Å². The van der Waals surface area contributed by atoms with E-state index in [9.17, 15) is 4.79 Å². The third-order valence-corrected chi connectivity index (χ3v) is 2.97. The second-order valence-electron chi connectivity index (χ2n) is 6.18. The predicted octanol–water partition coefficient (Wildman–Crippen LogP) is 3.74. The highest BCUT2D eigenvalue weighted by molar-refractivity contribution is 5.83. The fourth-order valence-electron chi connectivity index (χ4n) is 1.87. The quantitative estimate of drug-likeness (QED) is 0.899. The first kappa shape index (κ1) is 16.7. The van der Waals surface area contributed by atoms with Crippen LogP contribution in [-0.4, -0.2) is 21.7 Å². The smallest absolute Gasteiger partial charge is 0.413 e. The SMILES string of the molecule is Cc1cccnc1CNc1ccc(NC(=O)OC(C)(C)C)nc1. The summed E-state index contributed by atoms with van der Waals surface area (Å²) in [6.07, 6.45) is 2.91. The zero-order valence-electron chi connectivity index (χ0n) is 13.9. The topological polar surface area (TPSA) is 76.1 Å². The van der Waals surface area contributed by atoms with Crippen LogP contribution in [0.15, 0.2) is 36.7 Å². The normalized spacial score (nSPS) is 11.0. The van der Waals surface area contributed by atoms with Crippen molar-refractivity contribution < 1.29 is 9.53 Å². The van der Waals surface area contributed by atoms with E-state index in [0.717, 1.165) is 16.9 Å². The second kappa shape index (κ2) is 7.09. The van der Waals surface area contributed by atoms with E-state index in [0.29, 0.717) is 12.4 Å². The van der Waals surface area contributed by atoms with Gasteiger partial charge in [0.15, 0.2) is 0 Å². The van der Waals surface area contributed by atoms with Crippen molar-refractivity contribution in [3.63, 3.8) is 0 Å². The third kappa shape index (κ3) is 5.58. The zero-order valence-corrected chi connectivity index (χ0v) is 13.9. The van der Waals surface area contributed by atoms with Gasteiger partial charge in [-0.1, -0.05) is 6.07 Å². The summed E-state index contributed by atoms with van der Waals surface area (Å²) in [4.78, 5) is 20.2. The number of amides is 1. The van der Waals surface area contributed by atoms with Gasteiger partial charge in [-0.25, -0.2) is 9.78 Å². The van der Waals surface area contributed by atoms with Gasteiger partial charge in [0.2, 0.25) is 0 Å². The Hall–Kier alpha value is -2.63. The van der Waals surface area contributed by atoms with Crippen molar-refractivity contribution in [2.24, 2.45) is 0 Å². The van der Waals surface area contributed by atoms with Gasteiger partial charge in [0.05, 0.1) is 24.1 Å². The molecule has 0 unspecified atom stereocenters. The lowest BCUT2D eigenvalue weighted by atomic mass is 10.2. The first-order valence-electron chi connectivity index (χ1n) is 7.44. The van der Waals surface area contributed by atoms with Gasteiger partial charge < -0.3 is 10.1 Å². The maximum absolute atomic E-state index is 11.7. The Morgan fingerprint density at radius 3 is 2.61 bits per heavy atom. The molecule has 6 heteroatoms. The van der Waals surface area contributed by atoms with Gasteiger partial charge in [-0.05, 0) is 51.5 Å². The monoisotopic (exact) mass is 314 g/mol. The summed E-state index contributed by atoms with van der Waals surface area (Å²) >= 11 is 0. The van der Waals surface area contributed by atoms with Crippen molar-refractivity contribution >= 4 is 17.6 Å². The van der Waals surface area contributed by atoms with Gasteiger partial charge in [0, 0.05) is 6.20 Å². The van der Waals surface area contributed by atoms with E-state index < -0.39 is 11.7 Å². The number of ether oxygens (including phenoxy) is 1. The van der Waals surface area contributed by atoms with Gasteiger partial charge in [-0.3, -0.25) is 10.3 Å². The van der Waals surface area contributed by atoms with Crippen LogP contribution in [-0.2, 0) is 11.3 Å². The number of aromatic nitrogens is 2. The highest BCUT2D eigenvalue weighted by Gasteiger charge is 2.16. The summed E-state index contributed by atoms with van der Waals surface area (Å²) < 4.78 is 5.18. The molecule has 0 aliphatic heterocycles. The molecule has 0 saturated carbocycles. The van der Waals surface area contributed by atoms with Crippen molar-refractivity contribution in [3.8, 4) is 0 Å². The Kier molecular flexibility index (Phi) is 5.16. The number of nitrogens with one attached hydrogen (secondary N) is 2. The molecule has 2 aromatic rings. The lowest BCUT2D eigenvalue weighted by Crippen LogP contribution is -2.27. The average molecular weight is 314 g/mol. The number of hydrogen-bond acceptors (Lipinski definition) is 5. The maximum Gasteiger partial charge on any atom is 0.413 e. The van der Waals surface area contributed by atoms with Gasteiger partial charge in [-0.15, -0.1) is 0 Å². The molecule has 0 aliphatic rings. The fourth-order valence-corrected chi connectivity index (χ4v) is 1.87. The van der Waals surface area contributed by atoms with Crippen LogP contribution < -0.4 is 10.6 Å². The maximum atomic E-state index is 11.7. The molecule has 0 bridgehead atoms. The molecule has 2 aromatic heterocycles. The Morgan fingerprint density at radius 2 is 2.00 bits per heavy atom. The highest BCUT2D eigenvalue weighted by Crippen LogP contribution is 2.13. The molecule has 2 rings (SSSR count). The summed E-state index contributed by atoms with van der Waals surface area (Å²) in [7, 11) is 0. The molecule has 0 atom stereocenters. The van der Waals surface area contributed by atoms with Crippen LogP contribution >= 0.6 is 0 Å². The van der Waals surface area contributed by atoms with Crippen molar-refractivity contribution in [3.05, 3.63) is 47.9 Å². The van der Waals surface area contributed by atoms with Gasteiger partial charge in [0.1, 0.15) is 11.4 Å². The Balaban J connectivity index is 1.90. The molecule has 6 nitrogen and oxygen atoms in total. The number of anilines is 2. The van der Waals surface area contributed by atoms with Crippen molar-refractivity contribution in [1.29, 1.82) is 0 Å². The average Bonchev–Trinajstić information content (AvgIpc) is 2.46. The van der Waals surface area contributed by atoms with E-state index in [1.165, 1.54) is 0 Å². The van der Waals surface area contributed by atoms with E-state index in [1.807, 2.05) is 45.9 Å². The number of carbonyl (C=O) groups is 1. The van der Waals surface area contributed by atoms with Crippen molar-refractivity contribution in [2.45, 2.75) is 39.8 Å². The highest BCUT2D eigenvalue weighted by atomic mass is 16.6. The first-order chi connectivity index (χ1) is 10.8. The Labute approximate surface area is 136 Å². The lowest BCUT2D eigenvalue weighted by molar-refractivity contribution is 0.0635. The summed E-state index contributed by atoms with van der Waals surface area (Å²) in [6.45, 7) is 8.08. The van der Waals surface area contributed by atoms with Crippen LogP contribution in [0.1, 0.15) is 32.0 Å². The number of carbonyl (C=O) groups excluding carboxylic acids is 1. The molecule has 0 saturated heterocycles. The molecule has 2 heterocycles. The minimum absolute atomic E-state index is 0.443. The molecule has 23 heavy (non-hydrogen) atoms. The second-order valence-corrected chi connectivity index (χ2v) is 6.18.